The predicted octanol–water partition coefficient (Wildman–Crippen LogP) is 3.31. The molecular formula is C20H24N2O2. The minimum Gasteiger partial charge on any atom is -0.508 e. The number of phenolic OH excluding ortho intramolecular Hbond substituents is 1. The van der Waals surface area contributed by atoms with Gasteiger partial charge in [-0.15, -0.1) is 0 Å². The molecule has 0 fully saturated rings. The average molecular weight is 324 g/mol. The maximum Gasteiger partial charge on any atom is 0.211 e. The second-order valence-electron chi connectivity index (χ2n) is 5.60. The monoisotopic (exact) mass is 324 g/mol. The lowest BCUT2D eigenvalue weighted by molar-refractivity contribution is -0.109. The molecule has 4 heteroatoms. The smallest absolute Gasteiger partial charge is 0.211 e. The van der Waals surface area contributed by atoms with Gasteiger partial charge in [0.2, 0.25) is 6.41 Å². The molecule has 0 saturated heterocycles. The van der Waals surface area contributed by atoms with Gasteiger partial charge in [0, 0.05) is 5.70 Å². The van der Waals surface area contributed by atoms with E-state index in [1.54, 1.807) is 12.1 Å². The Morgan fingerprint density at radius 2 is 1.92 bits per heavy atom. The van der Waals surface area contributed by atoms with Crippen LogP contribution in [-0.4, -0.2) is 18.6 Å². The van der Waals surface area contributed by atoms with Crippen LogP contribution in [0.2, 0.25) is 0 Å². The molecule has 3 N–H and O–H groups in total. The molecule has 126 valence electrons. The number of benzene rings is 2. The molecule has 1 unspecified atom stereocenters. The Morgan fingerprint density at radius 1 is 1.17 bits per heavy atom. The Labute approximate surface area is 143 Å². The minimum absolute atomic E-state index is 0.0975. The summed E-state index contributed by atoms with van der Waals surface area (Å²) in [6, 6.07) is 17.3. The number of hydrogen-bond acceptors (Lipinski definition) is 3. The predicted molar refractivity (Wildman–Crippen MR) is 96.6 cm³/mol. The van der Waals surface area contributed by atoms with Crippen LogP contribution in [-0.2, 0) is 11.2 Å². The van der Waals surface area contributed by atoms with E-state index in [4.69, 9.17) is 0 Å². The van der Waals surface area contributed by atoms with Crippen LogP contribution in [0.1, 0.15) is 30.5 Å². The Hall–Kier alpha value is -2.59. The van der Waals surface area contributed by atoms with E-state index in [0.717, 1.165) is 29.7 Å². The van der Waals surface area contributed by atoms with Crippen LogP contribution in [0.4, 0.5) is 0 Å². The van der Waals surface area contributed by atoms with Crippen LogP contribution in [0.5, 0.6) is 5.75 Å². The molecular weight excluding hydrogens is 300 g/mol. The number of allylic oxidation sites excluding steroid dienone is 1. The van der Waals surface area contributed by atoms with Gasteiger partial charge >= 0.3 is 0 Å². The fraction of sp³-hybridized carbons (Fsp3) is 0.250. The van der Waals surface area contributed by atoms with Crippen molar-refractivity contribution >= 4 is 6.41 Å². The second-order valence-corrected chi connectivity index (χ2v) is 5.60. The summed E-state index contributed by atoms with van der Waals surface area (Å²) >= 11 is 0. The molecule has 4 nitrogen and oxygen atoms in total. The van der Waals surface area contributed by atoms with Gasteiger partial charge in [-0.1, -0.05) is 49.4 Å². The van der Waals surface area contributed by atoms with Gasteiger partial charge in [0.25, 0.3) is 0 Å². The molecule has 2 aromatic rings. The summed E-state index contributed by atoms with van der Waals surface area (Å²) in [6.07, 6.45) is 2.16. The van der Waals surface area contributed by atoms with Gasteiger partial charge in [-0.25, -0.2) is 0 Å². The molecule has 1 amide bonds. The lowest BCUT2D eigenvalue weighted by Crippen LogP contribution is -2.25. The molecule has 0 aliphatic rings. The van der Waals surface area contributed by atoms with Crippen LogP contribution < -0.4 is 10.6 Å². The van der Waals surface area contributed by atoms with Gasteiger partial charge in [-0.05, 0) is 48.7 Å². The van der Waals surface area contributed by atoms with E-state index in [-0.39, 0.29) is 11.8 Å². The van der Waals surface area contributed by atoms with Crippen LogP contribution in [0.3, 0.4) is 0 Å². The first-order valence-electron chi connectivity index (χ1n) is 8.11. The van der Waals surface area contributed by atoms with E-state index in [1.807, 2.05) is 44.3 Å². The highest BCUT2D eigenvalue weighted by atomic mass is 16.3. The zero-order valence-electron chi connectivity index (χ0n) is 14.1. The molecule has 0 aromatic heterocycles. The lowest BCUT2D eigenvalue weighted by atomic mass is 9.91. The third-order valence-electron chi connectivity index (χ3n) is 4.05. The van der Waals surface area contributed by atoms with Crippen LogP contribution in [0.15, 0.2) is 65.9 Å². The molecule has 2 aromatic carbocycles. The first-order chi connectivity index (χ1) is 11.7. The van der Waals surface area contributed by atoms with E-state index in [1.165, 1.54) is 5.56 Å². The maximum absolute atomic E-state index is 11.0. The number of nitrogens with one attached hydrogen (secondary N) is 2. The van der Waals surface area contributed by atoms with Crippen molar-refractivity contribution in [1.82, 2.24) is 10.6 Å². The van der Waals surface area contributed by atoms with Crippen LogP contribution in [0.25, 0.3) is 0 Å². The number of carbonyl (C=O) groups excluding carboxylic acids is 1. The fourth-order valence-electron chi connectivity index (χ4n) is 2.94. The number of aromatic hydroxyl groups is 1. The Morgan fingerprint density at radius 3 is 2.50 bits per heavy atom. The number of phenols is 1. The number of rotatable bonds is 8. The highest BCUT2D eigenvalue weighted by Crippen LogP contribution is 2.29. The van der Waals surface area contributed by atoms with Crippen LogP contribution in [0, 0.1) is 0 Å². The molecule has 2 rings (SSSR count). The molecule has 0 radical (unpaired) electrons. The molecule has 0 aliphatic heterocycles. The second kappa shape index (κ2) is 8.89. The summed E-state index contributed by atoms with van der Waals surface area (Å²) in [5.74, 6) is 0.230. The molecule has 0 saturated carbocycles. The van der Waals surface area contributed by atoms with Crippen molar-refractivity contribution in [3.8, 4) is 5.75 Å². The van der Waals surface area contributed by atoms with Gasteiger partial charge in [0.05, 0.1) is 6.04 Å². The van der Waals surface area contributed by atoms with E-state index in [9.17, 15) is 9.90 Å². The first-order valence-corrected chi connectivity index (χ1v) is 8.11. The third kappa shape index (κ3) is 4.46. The Kier molecular flexibility index (Phi) is 6.58. The number of hydrogen-bond donors (Lipinski definition) is 3. The quantitative estimate of drug-likeness (QED) is 0.653. The van der Waals surface area contributed by atoms with E-state index in [2.05, 4.69) is 22.8 Å². The van der Waals surface area contributed by atoms with Gasteiger partial charge in [-0.3, -0.25) is 4.79 Å². The average Bonchev–Trinajstić information content (AvgIpc) is 2.60. The van der Waals surface area contributed by atoms with Gasteiger partial charge in [0.15, 0.2) is 0 Å². The van der Waals surface area contributed by atoms with Gasteiger partial charge < -0.3 is 15.7 Å². The summed E-state index contributed by atoms with van der Waals surface area (Å²) in [6.45, 7) is 2.02. The largest absolute Gasteiger partial charge is 0.508 e. The molecule has 24 heavy (non-hydrogen) atoms. The van der Waals surface area contributed by atoms with Crippen molar-refractivity contribution in [3.05, 3.63) is 77.0 Å². The summed E-state index contributed by atoms with van der Waals surface area (Å²) in [4.78, 5) is 11.0. The van der Waals surface area contributed by atoms with Crippen molar-refractivity contribution in [3.63, 3.8) is 0 Å². The Balaban J connectivity index is 2.48. The normalized spacial score (nSPS) is 13.1. The minimum atomic E-state index is -0.0975. The van der Waals surface area contributed by atoms with Crippen molar-refractivity contribution in [1.29, 1.82) is 0 Å². The van der Waals surface area contributed by atoms with E-state index in [0.29, 0.717) is 6.42 Å². The summed E-state index contributed by atoms with van der Waals surface area (Å²) in [7, 11) is 1.88. The third-order valence-corrected chi connectivity index (χ3v) is 4.05. The van der Waals surface area contributed by atoms with E-state index < -0.39 is 0 Å². The number of likely N-dealkylation sites (N-methyl/N-ethyl adjacent to an activating group) is 1. The Bertz CT molecular complexity index is 696. The maximum atomic E-state index is 11.0. The summed E-state index contributed by atoms with van der Waals surface area (Å²) in [5.41, 5.74) is 4.12. The number of amides is 1. The summed E-state index contributed by atoms with van der Waals surface area (Å²) < 4.78 is 0. The molecule has 0 heterocycles. The molecule has 0 spiro atoms. The van der Waals surface area contributed by atoms with Crippen LogP contribution >= 0.6 is 0 Å². The molecule has 0 aliphatic carbocycles. The highest BCUT2D eigenvalue weighted by Gasteiger charge is 2.19. The summed E-state index contributed by atoms with van der Waals surface area (Å²) in [5, 5.41) is 16.0. The van der Waals surface area contributed by atoms with Gasteiger partial charge in [-0.2, -0.15) is 0 Å². The SMILES string of the molecule is CC/C(NC=O)=C(\Cc1ccccc1)C(NC)c1cccc(O)c1. The zero-order valence-corrected chi connectivity index (χ0v) is 14.1. The van der Waals surface area contributed by atoms with Gasteiger partial charge in [0.1, 0.15) is 5.75 Å². The zero-order chi connectivity index (χ0) is 17.4. The standard InChI is InChI=1S/C20H24N2O2/c1-3-19(22-14-23)18(12-15-8-5-4-6-9-15)20(21-2)16-10-7-11-17(24)13-16/h4-11,13-14,20-21,24H,3,12H2,1-2H3,(H,22,23)/b19-18-. The highest BCUT2D eigenvalue weighted by molar-refractivity contribution is 5.52. The van der Waals surface area contributed by atoms with Crippen molar-refractivity contribution in [2.45, 2.75) is 25.8 Å². The molecule has 1 atom stereocenters. The molecule has 0 bridgehead atoms. The first kappa shape index (κ1) is 17.8. The topological polar surface area (TPSA) is 61.4 Å². The van der Waals surface area contributed by atoms with Crippen molar-refractivity contribution in [2.24, 2.45) is 0 Å². The number of carbonyl (C=O) groups is 1. The van der Waals surface area contributed by atoms with Crippen molar-refractivity contribution in [2.75, 3.05) is 7.05 Å². The van der Waals surface area contributed by atoms with E-state index >= 15 is 0 Å². The van der Waals surface area contributed by atoms with Crippen molar-refractivity contribution < 1.29 is 9.90 Å². The fourth-order valence-corrected chi connectivity index (χ4v) is 2.94. The lowest BCUT2D eigenvalue weighted by Gasteiger charge is -2.24.